The second-order valence-electron chi connectivity index (χ2n) is 8.26. The number of benzene rings is 2. The van der Waals surface area contributed by atoms with E-state index in [0.29, 0.717) is 23.2 Å². The molecule has 0 aliphatic carbocycles. The van der Waals surface area contributed by atoms with Gasteiger partial charge in [-0.05, 0) is 79.8 Å². The zero-order valence-electron chi connectivity index (χ0n) is 20.4. The van der Waals surface area contributed by atoms with Crippen molar-refractivity contribution >= 4 is 23.0 Å². The second-order valence-corrected chi connectivity index (χ2v) is 8.65. The van der Waals surface area contributed by atoms with E-state index in [2.05, 4.69) is 44.2 Å². The number of hydrogen-bond donors (Lipinski definition) is 1. The molecule has 2 aromatic carbocycles. The molecule has 36 heavy (non-hydrogen) atoms. The Labute approximate surface area is 216 Å². The molecule has 4 aromatic rings. The van der Waals surface area contributed by atoms with Gasteiger partial charge in [0, 0.05) is 29.8 Å². The highest BCUT2D eigenvalue weighted by atomic mass is 32.1. The third kappa shape index (κ3) is 4.35. The Morgan fingerprint density at radius 2 is 1.75 bits per heavy atom. The SMILES string of the molecule is CCOc1ccc(-n2cccc2[C@@H]2[C@@H](c3ccccn3)NC(=S)N2c2ccc(OC)cc2OC)cc1. The van der Waals surface area contributed by atoms with E-state index in [1.54, 1.807) is 20.4 Å². The molecular weight excluding hydrogens is 472 g/mol. The van der Waals surface area contributed by atoms with Gasteiger partial charge in [-0.3, -0.25) is 4.98 Å². The average molecular weight is 501 g/mol. The number of pyridine rings is 1. The zero-order valence-corrected chi connectivity index (χ0v) is 21.2. The van der Waals surface area contributed by atoms with Crippen LogP contribution in [-0.2, 0) is 0 Å². The maximum absolute atomic E-state index is 5.90. The van der Waals surface area contributed by atoms with E-state index in [9.17, 15) is 0 Å². The van der Waals surface area contributed by atoms with Gasteiger partial charge in [0.05, 0.1) is 38.2 Å². The summed E-state index contributed by atoms with van der Waals surface area (Å²) in [5.74, 6) is 2.23. The van der Waals surface area contributed by atoms with Crippen LogP contribution >= 0.6 is 12.2 Å². The fourth-order valence-corrected chi connectivity index (χ4v) is 4.98. The van der Waals surface area contributed by atoms with Crippen LogP contribution in [0.3, 0.4) is 0 Å². The van der Waals surface area contributed by atoms with E-state index >= 15 is 0 Å². The predicted molar refractivity (Wildman–Crippen MR) is 144 cm³/mol. The highest BCUT2D eigenvalue weighted by molar-refractivity contribution is 7.80. The molecule has 0 unspecified atom stereocenters. The summed E-state index contributed by atoms with van der Waals surface area (Å²) < 4.78 is 19.0. The first-order chi connectivity index (χ1) is 17.6. The van der Waals surface area contributed by atoms with Crippen molar-refractivity contribution in [1.29, 1.82) is 0 Å². The maximum Gasteiger partial charge on any atom is 0.174 e. The van der Waals surface area contributed by atoms with Crippen molar-refractivity contribution in [2.45, 2.75) is 19.0 Å². The van der Waals surface area contributed by atoms with Crippen LogP contribution in [0, 0.1) is 0 Å². The number of aromatic nitrogens is 2. The third-order valence-corrected chi connectivity index (χ3v) is 6.57. The van der Waals surface area contributed by atoms with Crippen molar-refractivity contribution < 1.29 is 14.2 Å². The average Bonchev–Trinajstić information content (AvgIpc) is 3.53. The second kappa shape index (κ2) is 10.3. The quantitative estimate of drug-likeness (QED) is 0.322. The zero-order chi connectivity index (χ0) is 25.1. The maximum atomic E-state index is 5.90. The lowest BCUT2D eigenvalue weighted by Crippen LogP contribution is -2.30. The molecule has 0 saturated carbocycles. The Hall–Kier alpha value is -4.04. The number of hydrogen-bond acceptors (Lipinski definition) is 5. The van der Waals surface area contributed by atoms with E-state index in [4.69, 9.17) is 26.4 Å². The molecule has 8 heteroatoms. The van der Waals surface area contributed by atoms with Crippen LogP contribution in [-0.4, -0.2) is 35.5 Å². The predicted octanol–water partition coefficient (Wildman–Crippen LogP) is 5.47. The van der Waals surface area contributed by atoms with Crippen LogP contribution in [0.5, 0.6) is 17.2 Å². The lowest BCUT2D eigenvalue weighted by Gasteiger charge is -2.30. The van der Waals surface area contributed by atoms with E-state index in [-0.39, 0.29) is 12.1 Å². The third-order valence-electron chi connectivity index (χ3n) is 6.25. The fraction of sp³-hybridized carbons (Fsp3) is 0.214. The molecule has 7 nitrogen and oxygen atoms in total. The minimum absolute atomic E-state index is 0.179. The van der Waals surface area contributed by atoms with Gasteiger partial charge in [-0.1, -0.05) is 6.07 Å². The molecule has 2 aromatic heterocycles. The largest absolute Gasteiger partial charge is 0.497 e. The summed E-state index contributed by atoms with van der Waals surface area (Å²) in [6.07, 6.45) is 3.87. The highest BCUT2D eigenvalue weighted by Gasteiger charge is 2.43. The summed E-state index contributed by atoms with van der Waals surface area (Å²) in [6.45, 7) is 2.61. The molecule has 0 spiro atoms. The van der Waals surface area contributed by atoms with E-state index in [1.807, 2.05) is 61.5 Å². The van der Waals surface area contributed by atoms with Crippen molar-refractivity contribution in [3.63, 3.8) is 0 Å². The first kappa shape index (κ1) is 23.7. The van der Waals surface area contributed by atoms with Gasteiger partial charge in [-0.2, -0.15) is 0 Å². The Bertz CT molecular complexity index is 1340. The topological polar surface area (TPSA) is 60.8 Å². The lowest BCUT2D eigenvalue weighted by molar-refractivity contribution is 0.340. The Kier molecular flexibility index (Phi) is 6.77. The standard InChI is InChI=1S/C28H28N4O3S/c1-4-35-20-12-10-19(11-13-20)31-17-7-9-24(31)27-26(22-8-5-6-16-29-22)30-28(36)32(27)23-15-14-21(33-2)18-25(23)34-3/h5-18,26-27H,4H2,1-3H3,(H,30,36)/t26-,27-/m1/s1. The summed E-state index contributed by atoms with van der Waals surface area (Å²) in [5, 5.41) is 4.11. The number of thiocarbonyl (C=S) groups is 1. The molecule has 0 bridgehead atoms. The first-order valence-electron chi connectivity index (χ1n) is 11.8. The number of ether oxygens (including phenoxy) is 3. The molecule has 1 saturated heterocycles. The Balaban J connectivity index is 1.64. The van der Waals surface area contributed by atoms with Crippen LogP contribution in [0.1, 0.15) is 30.4 Å². The van der Waals surface area contributed by atoms with Crippen LogP contribution in [0.15, 0.2) is 85.2 Å². The number of rotatable bonds is 8. The van der Waals surface area contributed by atoms with Gasteiger partial charge < -0.3 is 29.0 Å². The van der Waals surface area contributed by atoms with E-state index < -0.39 is 0 Å². The van der Waals surface area contributed by atoms with Gasteiger partial charge in [-0.25, -0.2) is 0 Å². The fourth-order valence-electron chi connectivity index (χ4n) is 4.64. The van der Waals surface area contributed by atoms with E-state index in [1.165, 1.54) is 0 Å². The minimum atomic E-state index is -0.198. The van der Waals surface area contributed by atoms with Crippen molar-refractivity contribution in [1.82, 2.24) is 14.9 Å². The molecule has 1 aliphatic rings. The Morgan fingerprint density at radius 1 is 0.944 bits per heavy atom. The van der Waals surface area contributed by atoms with Crippen molar-refractivity contribution in [3.05, 3.63) is 96.6 Å². The van der Waals surface area contributed by atoms with Gasteiger partial charge in [0.2, 0.25) is 0 Å². The van der Waals surface area contributed by atoms with Crippen molar-refractivity contribution in [2.75, 3.05) is 25.7 Å². The molecule has 0 amide bonds. The number of nitrogens with zero attached hydrogens (tertiary/aromatic N) is 3. The molecule has 5 rings (SSSR count). The summed E-state index contributed by atoms with van der Waals surface area (Å²) in [5.41, 5.74) is 3.83. The molecule has 1 N–H and O–H groups in total. The van der Waals surface area contributed by atoms with Gasteiger partial charge in [0.1, 0.15) is 23.3 Å². The van der Waals surface area contributed by atoms with Crippen LogP contribution in [0.25, 0.3) is 5.69 Å². The number of anilines is 1. The van der Waals surface area contributed by atoms with Crippen LogP contribution < -0.4 is 24.4 Å². The van der Waals surface area contributed by atoms with Gasteiger partial charge in [0.15, 0.2) is 5.11 Å². The summed E-state index contributed by atoms with van der Waals surface area (Å²) in [6, 6.07) is 23.6. The van der Waals surface area contributed by atoms with Crippen molar-refractivity contribution in [2.24, 2.45) is 0 Å². The summed E-state index contributed by atoms with van der Waals surface area (Å²) >= 11 is 5.90. The molecule has 184 valence electrons. The number of nitrogens with one attached hydrogen (secondary N) is 1. The van der Waals surface area contributed by atoms with Crippen LogP contribution in [0.2, 0.25) is 0 Å². The smallest absolute Gasteiger partial charge is 0.174 e. The molecular formula is C28H28N4O3S. The van der Waals surface area contributed by atoms with Gasteiger partial charge in [0.25, 0.3) is 0 Å². The van der Waals surface area contributed by atoms with Gasteiger partial charge in [-0.15, -0.1) is 0 Å². The number of methoxy groups -OCH3 is 2. The Morgan fingerprint density at radius 3 is 2.44 bits per heavy atom. The molecule has 1 fully saturated rings. The normalized spacial score (nSPS) is 17.1. The molecule has 1 aliphatic heterocycles. The highest BCUT2D eigenvalue weighted by Crippen LogP contribution is 2.45. The lowest BCUT2D eigenvalue weighted by atomic mass is 10.0. The molecule has 0 radical (unpaired) electrons. The van der Waals surface area contributed by atoms with E-state index in [0.717, 1.165) is 28.5 Å². The minimum Gasteiger partial charge on any atom is -0.497 e. The first-order valence-corrected chi connectivity index (χ1v) is 12.2. The summed E-state index contributed by atoms with van der Waals surface area (Å²) in [7, 11) is 3.29. The molecule has 2 atom stereocenters. The van der Waals surface area contributed by atoms with Crippen molar-refractivity contribution in [3.8, 4) is 22.9 Å². The van der Waals surface area contributed by atoms with Crippen LogP contribution in [0.4, 0.5) is 5.69 Å². The monoisotopic (exact) mass is 500 g/mol. The molecule has 3 heterocycles. The van der Waals surface area contributed by atoms with Gasteiger partial charge >= 0.3 is 0 Å². The summed E-state index contributed by atoms with van der Waals surface area (Å²) in [4.78, 5) is 6.77.